The Kier molecular flexibility index (Phi) is 2.97. The molecule has 2 heteroatoms. The monoisotopic (exact) mass is 210 g/mol. The minimum Gasteiger partial charge on any atom is -0.508 e. The van der Waals surface area contributed by atoms with Crippen LogP contribution in [0, 0.1) is 0 Å². The Hall–Kier alpha value is -0.690. The summed E-state index contributed by atoms with van der Waals surface area (Å²) >= 11 is 6.29. The smallest absolute Gasteiger partial charge is 0.115 e. The summed E-state index contributed by atoms with van der Waals surface area (Å²) in [5.41, 5.74) is 1.27. The van der Waals surface area contributed by atoms with Gasteiger partial charge in [0.25, 0.3) is 0 Å². The van der Waals surface area contributed by atoms with Gasteiger partial charge in [0.2, 0.25) is 0 Å². The van der Waals surface area contributed by atoms with Gasteiger partial charge in [-0.1, -0.05) is 25.0 Å². The van der Waals surface area contributed by atoms with E-state index in [1.165, 1.54) is 24.8 Å². The van der Waals surface area contributed by atoms with Crippen molar-refractivity contribution in [2.45, 2.75) is 37.0 Å². The highest BCUT2D eigenvalue weighted by Crippen LogP contribution is 2.36. The number of phenols is 1. The van der Waals surface area contributed by atoms with Gasteiger partial charge < -0.3 is 5.11 Å². The van der Waals surface area contributed by atoms with Crippen molar-refractivity contribution in [2.24, 2.45) is 0 Å². The lowest BCUT2D eigenvalue weighted by Gasteiger charge is -2.27. The van der Waals surface area contributed by atoms with Crippen molar-refractivity contribution in [3.63, 3.8) is 0 Å². The largest absolute Gasteiger partial charge is 0.508 e. The van der Waals surface area contributed by atoms with Gasteiger partial charge in [-0.3, -0.25) is 0 Å². The van der Waals surface area contributed by atoms with Crippen LogP contribution >= 0.6 is 11.6 Å². The molecule has 1 aliphatic carbocycles. The third kappa shape index (κ3) is 2.03. The predicted octanol–water partition coefficient (Wildman–Crippen LogP) is 3.66. The van der Waals surface area contributed by atoms with Crippen molar-refractivity contribution >= 4 is 11.6 Å². The Balaban J connectivity index is 2.16. The number of hydrogen-bond donors (Lipinski definition) is 1. The van der Waals surface area contributed by atoms with E-state index in [-0.39, 0.29) is 5.38 Å². The van der Waals surface area contributed by atoms with Crippen LogP contribution in [0.4, 0.5) is 0 Å². The highest BCUT2D eigenvalue weighted by molar-refractivity contribution is 6.21. The zero-order chi connectivity index (χ0) is 9.97. The number of alkyl halides is 1. The zero-order valence-corrected chi connectivity index (χ0v) is 8.87. The van der Waals surface area contributed by atoms with Crippen molar-refractivity contribution in [3.05, 3.63) is 29.8 Å². The molecule has 1 aromatic rings. The van der Waals surface area contributed by atoms with Crippen molar-refractivity contribution in [1.29, 1.82) is 0 Å². The number of aromatic hydroxyl groups is 1. The maximum Gasteiger partial charge on any atom is 0.115 e. The van der Waals surface area contributed by atoms with E-state index in [4.69, 9.17) is 11.6 Å². The summed E-state index contributed by atoms with van der Waals surface area (Å²) in [6, 6.07) is 7.46. The van der Waals surface area contributed by atoms with E-state index in [0.717, 1.165) is 6.42 Å². The number of phenolic OH excluding ortho intramolecular Hbond substituents is 1. The van der Waals surface area contributed by atoms with Crippen LogP contribution in [-0.2, 0) is 0 Å². The van der Waals surface area contributed by atoms with Crippen molar-refractivity contribution in [3.8, 4) is 5.75 Å². The number of rotatable bonds is 1. The molecule has 1 aliphatic rings. The first-order valence-corrected chi connectivity index (χ1v) is 5.64. The molecule has 2 rings (SSSR count). The Labute approximate surface area is 89.7 Å². The third-order valence-electron chi connectivity index (χ3n) is 3.00. The van der Waals surface area contributed by atoms with Crippen molar-refractivity contribution < 1.29 is 5.11 Å². The Morgan fingerprint density at radius 3 is 2.36 bits per heavy atom. The highest BCUT2D eigenvalue weighted by Gasteiger charge is 2.24. The molecule has 1 N–H and O–H groups in total. The minimum absolute atomic E-state index is 0.272. The maximum absolute atomic E-state index is 9.19. The average Bonchev–Trinajstić information content (AvgIpc) is 2.20. The second kappa shape index (κ2) is 4.22. The van der Waals surface area contributed by atoms with Gasteiger partial charge in [0.05, 0.1) is 0 Å². The molecule has 0 aromatic heterocycles. The van der Waals surface area contributed by atoms with Gasteiger partial charge >= 0.3 is 0 Å². The van der Waals surface area contributed by atoms with Gasteiger partial charge in [-0.25, -0.2) is 0 Å². The molecular weight excluding hydrogens is 196 g/mol. The molecule has 0 spiro atoms. The molecule has 14 heavy (non-hydrogen) atoms. The summed E-state index contributed by atoms with van der Waals surface area (Å²) in [5.74, 6) is 0.807. The number of benzene rings is 1. The fourth-order valence-corrected chi connectivity index (χ4v) is 2.61. The molecule has 1 saturated carbocycles. The van der Waals surface area contributed by atoms with E-state index in [1.54, 1.807) is 12.1 Å². The topological polar surface area (TPSA) is 20.2 Å². The van der Waals surface area contributed by atoms with Gasteiger partial charge in [-0.15, -0.1) is 11.6 Å². The van der Waals surface area contributed by atoms with Crippen LogP contribution in [-0.4, -0.2) is 10.5 Å². The van der Waals surface area contributed by atoms with Gasteiger partial charge in [-0.2, -0.15) is 0 Å². The average molecular weight is 211 g/mol. The molecule has 1 fully saturated rings. The second-order valence-electron chi connectivity index (χ2n) is 4.00. The third-order valence-corrected chi connectivity index (χ3v) is 3.53. The molecule has 0 heterocycles. The first-order valence-electron chi connectivity index (χ1n) is 5.20. The molecule has 0 amide bonds. The summed E-state index contributed by atoms with van der Waals surface area (Å²) in [4.78, 5) is 0. The van der Waals surface area contributed by atoms with E-state index in [1.807, 2.05) is 12.1 Å². The van der Waals surface area contributed by atoms with Crippen LogP contribution < -0.4 is 0 Å². The lowest BCUT2D eigenvalue weighted by Crippen LogP contribution is -2.17. The second-order valence-corrected chi connectivity index (χ2v) is 4.56. The summed E-state index contributed by atoms with van der Waals surface area (Å²) in [6.07, 6.45) is 4.82. The van der Waals surface area contributed by atoms with Gasteiger partial charge in [0.15, 0.2) is 0 Å². The summed E-state index contributed by atoms with van der Waals surface area (Å²) < 4.78 is 0. The molecule has 0 radical (unpaired) electrons. The summed E-state index contributed by atoms with van der Waals surface area (Å²) in [6.45, 7) is 0. The van der Waals surface area contributed by atoms with Gasteiger partial charge in [0, 0.05) is 11.3 Å². The Morgan fingerprint density at radius 2 is 1.71 bits per heavy atom. The van der Waals surface area contributed by atoms with E-state index < -0.39 is 0 Å². The molecule has 1 aromatic carbocycles. The molecule has 0 bridgehead atoms. The van der Waals surface area contributed by atoms with Crippen LogP contribution in [0.15, 0.2) is 24.3 Å². The van der Waals surface area contributed by atoms with Gasteiger partial charge in [-0.05, 0) is 30.5 Å². The van der Waals surface area contributed by atoms with Crippen LogP contribution in [0.5, 0.6) is 5.75 Å². The standard InChI is InChI=1S/C12H15ClO/c13-12-4-2-1-3-11(12)9-5-7-10(14)8-6-9/h5-8,11-12,14H,1-4H2. The molecule has 0 aliphatic heterocycles. The molecule has 76 valence electrons. The van der Waals surface area contributed by atoms with Crippen LogP contribution in [0.2, 0.25) is 0 Å². The normalized spacial score (nSPS) is 27.5. The molecule has 0 saturated heterocycles. The Morgan fingerprint density at radius 1 is 1.07 bits per heavy atom. The lowest BCUT2D eigenvalue weighted by atomic mass is 9.84. The molecule has 2 unspecified atom stereocenters. The maximum atomic E-state index is 9.19. The number of hydrogen-bond acceptors (Lipinski definition) is 1. The molecule has 2 atom stereocenters. The fourth-order valence-electron chi connectivity index (χ4n) is 2.18. The predicted molar refractivity (Wildman–Crippen MR) is 59.0 cm³/mol. The molecular formula is C12H15ClO. The van der Waals surface area contributed by atoms with Gasteiger partial charge in [0.1, 0.15) is 5.75 Å². The van der Waals surface area contributed by atoms with E-state index in [2.05, 4.69) is 0 Å². The van der Waals surface area contributed by atoms with Crippen LogP contribution in [0.25, 0.3) is 0 Å². The summed E-state index contributed by atoms with van der Waals surface area (Å²) in [7, 11) is 0. The van der Waals surface area contributed by atoms with Crippen LogP contribution in [0.3, 0.4) is 0 Å². The zero-order valence-electron chi connectivity index (χ0n) is 8.12. The SMILES string of the molecule is Oc1ccc(C2CCCCC2Cl)cc1. The first kappa shape index (κ1) is 9.85. The quantitative estimate of drug-likeness (QED) is 0.702. The number of halogens is 1. The van der Waals surface area contributed by atoms with E-state index in [9.17, 15) is 5.11 Å². The van der Waals surface area contributed by atoms with E-state index >= 15 is 0 Å². The first-order chi connectivity index (χ1) is 6.77. The lowest BCUT2D eigenvalue weighted by molar-refractivity contribution is 0.448. The molecule has 1 nitrogen and oxygen atoms in total. The van der Waals surface area contributed by atoms with Crippen LogP contribution in [0.1, 0.15) is 37.2 Å². The minimum atomic E-state index is 0.272. The highest BCUT2D eigenvalue weighted by atomic mass is 35.5. The van der Waals surface area contributed by atoms with Crippen molar-refractivity contribution in [2.75, 3.05) is 0 Å². The van der Waals surface area contributed by atoms with E-state index in [0.29, 0.717) is 11.7 Å². The fraction of sp³-hybridized carbons (Fsp3) is 0.500. The summed E-state index contributed by atoms with van der Waals surface area (Å²) in [5, 5.41) is 9.46. The Bertz CT molecular complexity index is 294. The van der Waals surface area contributed by atoms with Crippen molar-refractivity contribution in [1.82, 2.24) is 0 Å².